The molecular formula is C19H33N5O6S. The van der Waals surface area contributed by atoms with Crippen molar-refractivity contribution >= 4 is 41.4 Å². The normalized spacial score (nSPS) is 18.9. The van der Waals surface area contributed by atoms with E-state index in [9.17, 15) is 29.1 Å². The van der Waals surface area contributed by atoms with Gasteiger partial charge in [0, 0.05) is 6.54 Å². The van der Waals surface area contributed by atoms with Gasteiger partial charge in [0.1, 0.15) is 18.1 Å². The van der Waals surface area contributed by atoms with Crippen LogP contribution in [0.15, 0.2) is 0 Å². The molecule has 11 nitrogen and oxygen atoms in total. The highest BCUT2D eigenvalue weighted by Crippen LogP contribution is 2.19. The van der Waals surface area contributed by atoms with E-state index in [-0.39, 0.29) is 25.3 Å². The van der Waals surface area contributed by atoms with Crippen molar-refractivity contribution in [3.8, 4) is 0 Å². The van der Waals surface area contributed by atoms with E-state index >= 15 is 0 Å². The summed E-state index contributed by atoms with van der Waals surface area (Å²) in [5, 5.41) is 14.4. The van der Waals surface area contributed by atoms with Crippen LogP contribution < -0.4 is 22.1 Å². The summed E-state index contributed by atoms with van der Waals surface area (Å²) in [7, 11) is 0. The first-order chi connectivity index (χ1) is 14.5. The Morgan fingerprint density at radius 3 is 2.26 bits per heavy atom. The minimum Gasteiger partial charge on any atom is -0.480 e. The molecule has 1 rings (SSSR count). The van der Waals surface area contributed by atoms with Crippen LogP contribution in [0.3, 0.4) is 0 Å². The van der Waals surface area contributed by atoms with Crippen LogP contribution in [-0.2, 0) is 24.0 Å². The highest BCUT2D eigenvalue weighted by molar-refractivity contribution is 7.98. The number of hydrogen-bond acceptors (Lipinski definition) is 7. The minimum atomic E-state index is -1.32. The molecule has 1 saturated heterocycles. The molecule has 0 saturated carbocycles. The lowest BCUT2D eigenvalue weighted by atomic mass is 10.0. The molecule has 0 aromatic carbocycles. The fourth-order valence-electron chi connectivity index (χ4n) is 3.24. The monoisotopic (exact) mass is 459 g/mol. The van der Waals surface area contributed by atoms with Gasteiger partial charge in [-0.2, -0.15) is 11.8 Å². The predicted octanol–water partition coefficient (Wildman–Crippen LogP) is -1.36. The number of carboxylic acids is 1. The number of carbonyl (C=O) groups excluding carboxylic acids is 4. The van der Waals surface area contributed by atoms with E-state index in [1.807, 2.05) is 6.26 Å². The van der Waals surface area contributed by atoms with Crippen molar-refractivity contribution in [1.29, 1.82) is 0 Å². The zero-order valence-corrected chi connectivity index (χ0v) is 18.9. The van der Waals surface area contributed by atoms with Gasteiger partial charge in [-0.1, -0.05) is 13.8 Å². The van der Waals surface area contributed by atoms with Crippen LogP contribution in [0, 0.1) is 5.92 Å². The lowest BCUT2D eigenvalue weighted by Crippen LogP contribution is -2.58. The standard InChI is InChI=1S/C19H33N5O6S/c1-10(2)15(21)17(27)22-11(6-8-31-3)16(26)23-12(9-14(20)25)18(28)24-7-4-5-13(24)19(29)30/h10-13,15H,4-9,21H2,1-3H3,(H2,20,25)(H,22,27)(H,23,26)(H,29,30). The first-order valence-electron chi connectivity index (χ1n) is 10.2. The Labute approximate surface area is 186 Å². The maximum absolute atomic E-state index is 12.9. The van der Waals surface area contributed by atoms with Crippen LogP contribution in [0.25, 0.3) is 0 Å². The van der Waals surface area contributed by atoms with Gasteiger partial charge in [0.25, 0.3) is 0 Å². The Kier molecular flexibility index (Phi) is 10.8. The maximum atomic E-state index is 12.9. The molecule has 1 aliphatic heterocycles. The first-order valence-corrected chi connectivity index (χ1v) is 11.6. The Hall–Kier alpha value is -2.34. The van der Waals surface area contributed by atoms with Crippen molar-refractivity contribution in [3.05, 3.63) is 0 Å². The molecule has 4 amide bonds. The number of thioether (sulfide) groups is 1. The summed E-state index contributed by atoms with van der Waals surface area (Å²) in [4.78, 5) is 62.2. The van der Waals surface area contributed by atoms with Crippen molar-refractivity contribution in [2.75, 3.05) is 18.6 Å². The Bertz CT molecular complexity index is 689. The molecule has 4 unspecified atom stereocenters. The molecule has 1 aliphatic rings. The molecule has 0 aromatic heterocycles. The third kappa shape index (κ3) is 8.02. The lowest BCUT2D eigenvalue weighted by molar-refractivity contribution is -0.149. The van der Waals surface area contributed by atoms with E-state index in [1.54, 1.807) is 13.8 Å². The molecule has 12 heteroatoms. The third-order valence-electron chi connectivity index (χ3n) is 5.11. The van der Waals surface area contributed by atoms with Gasteiger partial charge in [-0.05, 0) is 37.2 Å². The Balaban J connectivity index is 2.99. The molecule has 7 N–H and O–H groups in total. The fraction of sp³-hybridized carbons (Fsp3) is 0.737. The number of likely N-dealkylation sites (tertiary alicyclic amines) is 1. The summed E-state index contributed by atoms with van der Waals surface area (Å²) >= 11 is 1.47. The van der Waals surface area contributed by atoms with Gasteiger partial charge in [-0.15, -0.1) is 0 Å². The number of nitrogens with one attached hydrogen (secondary N) is 2. The molecular weight excluding hydrogens is 426 g/mol. The number of carbonyl (C=O) groups is 5. The number of hydrogen-bond donors (Lipinski definition) is 5. The van der Waals surface area contributed by atoms with Gasteiger partial charge in [-0.3, -0.25) is 19.2 Å². The van der Waals surface area contributed by atoms with Crippen LogP contribution in [0.4, 0.5) is 0 Å². The van der Waals surface area contributed by atoms with E-state index in [2.05, 4.69) is 10.6 Å². The van der Waals surface area contributed by atoms with Crippen LogP contribution >= 0.6 is 11.8 Å². The highest BCUT2D eigenvalue weighted by atomic mass is 32.2. The van der Waals surface area contributed by atoms with Gasteiger partial charge in [0.15, 0.2) is 0 Å². The predicted molar refractivity (Wildman–Crippen MR) is 116 cm³/mol. The van der Waals surface area contributed by atoms with Crippen LogP contribution in [-0.4, -0.2) is 82.3 Å². The van der Waals surface area contributed by atoms with E-state index in [0.717, 1.165) is 4.90 Å². The lowest BCUT2D eigenvalue weighted by Gasteiger charge is -2.28. The van der Waals surface area contributed by atoms with Gasteiger partial charge in [0.2, 0.25) is 23.6 Å². The smallest absolute Gasteiger partial charge is 0.326 e. The number of aliphatic carboxylic acids is 1. The summed E-state index contributed by atoms with van der Waals surface area (Å²) in [6.07, 6.45) is 2.43. The molecule has 176 valence electrons. The third-order valence-corrected chi connectivity index (χ3v) is 5.75. The molecule has 31 heavy (non-hydrogen) atoms. The summed E-state index contributed by atoms with van der Waals surface area (Å²) in [5.41, 5.74) is 11.1. The first kappa shape index (κ1) is 26.7. The number of carboxylic acid groups (broad SMARTS) is 1. The van der Waals surface area contributed by atoms with Gasteiger partial charge < -0.3 is 32.1 Å². The van der Waals surface area contributed by atoms with Gasteiger partial charge in [0.05, 0.1) is 12.5 Å². The fourth-order valence-corrected chi connectivity index (χ4v) is 3.71. The number of primary amides is 1. The number of amides is 4. The van der Waals surface area contributed by atoms with E-state index in [1.165, 1.54) is 11.8 Å². The Morgan fingerprint density at radius 2 is 1.74 bits per heavy atom. The topological polar surface area (TPSA) is 185 Å². The number of nitrogens with two attached hydrogens (primary N) is 2. The average Bonchev–Trinajstić information content (AvgIpc) is 3.18. The molecule has 0 aromatic rings. The zero-order chi connectivity index (χ0) is 23.7. The van der Waals surface area contributed by atoms with Crippen LogP contribution in [0.1, 0.15) is 39.5 Å². The molecule has 4 atom stereocenters. The van der Waals surface area contributed by atoms with E-state index in [4.69, 9.17) is 11.5 Å². The van der Waals surface area contributed by atoms with Crippen molar-refractivity contribution in [1.82, 2.24) is 15.5 Å². The Morgan fingerprint density at radius 1 is 1.13 bits per heavy atom. The van der Waals surface area contributed by atoms with E-state index < -0.39 is 60.2 Å². The molecule has 0 bridgehead atoms. The second kappa shape index (κ2) is 12.5. The summed E-state index contributed by atoms with van der Waals surface area (Å²) in [6.45, 7) is 3.76. The summed E-state index contributed by atoms with van der Waals surface area (Å²) < 4.78 is 0. The number of rotatable bonds is 12. The zero-order valence-electron chi connectivity index (χ0n) is 18.1. The molecule has 0 spiro atoms. The van der Waals surface area contributed by atoms with Crippen molar-refractivity contribution in [2.24, 2.45) is 17.4 Å². The molecule has 1 fully saturated rings. The van der Waals surface area contributed by atoms with Gasteiger partial charge >= 0.3 is 5.97 Å². The minimum absolute atomic E-state index is 0.142. The molecule has 0 aliphatic carbocycles. The summed E-state index contributed by atoms with van der Waals surface area (Å²) in [6, 6.07) is -4.12. The molecule has 0 radical (unpaired) electrons. The SMILES string of the molecule is CSCCC(NC(=O)C(N)C(C)C)C(=O)NC(CC(N)=O)C(=O)N1CCCC1C(=O)O. The van der Waals surface area contributed by atoms with Crippen LogP contribution in [0.5, 0.6) is 0 Å². The second-order valence-corrected chi connectivity index (χ2v) is 8.86. The van der Waals surface area contributed by atoms with Gasteiger partial charge in [-0.25, -0.2) is 4.79 Å². The average molecular weight is 460 g/mol. The highest BCUT2D eigenvalue weighted by Gasteiger charge is 2.39. The quantitative estimate of drug-likeness (QED) is 0.237. The molecule has 1 heterocycles. The largest absolute Gasteiger partial charge is 0.480 e. The maximum Gasteiger partial charge on any atom is 0.326 e. The number of nitrogens with zero attached hydrogens (tertiary/aromatic N) is 1. The van der Waals surface area contributed by atoms with E-state index in [0.29, 0.717) is 12.2 Å². The van der Waals surface area contributed by atoms with Crippen molar-refractivity contribution < 1.29 is 29.1 Å². The summed E-state index contributed by atoms with van der Waals surface area (Å²) in [5.74, 6) is -3.42. The van der Waals surface area contributed by atoms with Crippen molar-refractivity contribution in [2.45, 2.75) is 63.7 Å². The van der Waals surface area contributed by atoms with Crippen LogP contribution in [0.2, 0.25) is 0 Å². The van der Waals surface area contributed by atoms with Crippen molar-refractivity contribution in [3.63, 3.8) is 0 Å². The second-order valence-electron chi connectivity index (χ2n) is 7.87.